The molecule has 0 bridgehead atoms. The first-order valence-corrected chi connectivity index (χ1v) is 44.4. The van der Waals surface area contributed by atoms with Crippen molar-refractivity contribution in [1.82, 2.24) is 0 Å². The first-order valence-electron chi connectivity index (χ1n) is 44.4. The van der Waals surface area contributed by atoms with Crippen molar-refractivity contribution >= 4 is 57.8 Å². The molecule has 10 aromatic rings. The summed E-state index contributed by atoms with van der Waals surface area (Å²) in [4.78, 5) is 126. The number of alkyl halides is 9. The summed E-state index contributed by atoms with van der Waals surface area (Å²) in [6.07, 6.45) is -15.4. The van der Waals surface area contributed by atoms with E-state index in [4.69, 9.17) is 99.5 Å². The molecule has 0 radical (unpaired) electrons. The number of hydrogen-bond donors (Lipinski definition) is 0. The van der Waals surface area contributed by atoms with Crippen LogP contribution in [-0.4, -0.2) is 202 Å². The Labute approximate surface area is 823 Å². The van der Waals surface area contributed by atoms with Crippen LogP contribution in [0.15, 0.2) is 152 Å². The maximum atomic E-state index is 13.7. The molecule has 145 heavy (non-hydrogen) atoms. The van der Waals surface area contributed by atoms with E-state index in [9.17, 15) is 91.8 Å². The molecule has 15 rings (SSSR count). The second-order valence-electron chi connectivity index (χ2n) is 31.2. The van der Waals surface area contributed by atoms with E-state index in [0.29, 0.717) is 128 Å². The first-order chi connectivity index (χ1) is 69.4. The van der Waals surface area contributed by atoms with Crippen LogP contribution in [-0.2, 0) is 18.5 Å². The van der Waals surface area contributed by atoms with Crippen LogP contribution in [0.3, 0.4) is 0 Å². The van der Waals surface area contributed by atoms with E-state index in [1.54, 1.807) is 43.5 Å². The molecular formula is C104H98F10O31. The third-order valence-electron chi connectivity index (χ3n) is 22.3. The Balaban J connectivity index is 0.000000173. The number of rotatable bonds is 36. The van der Waals surface area contributed by atoms with Crippen molar-refractivity contribution < 1.29 is 191 Å². The van der Waals surface area contributed by atoms with Crippen molar-refractivity contribution in [3.05, 3.63) is 230 Å². The van der Waals surface area contributed by atoms with E-state index >= 15 is 0 Å². The Morgan fingerprint density at radius 1 is 0.241 bits per heavy atom. The van der Waals surface area contributed by atoms with E-state index in [1.807, 2.05) is 0 Å². The Bertz CT molecular complexity index is 6410. The Morgan fingerprint density at radius 3 is 0.862 bits per heavy atom. The molecule has 0 saturated carbocycles. The molecule has 0 unspecified atom stereocenters. The maximum absolute atomic E-state index is 13.7. The van der Waals surface area contributed by atoms with Gasteiger partial charge in [-0.25, -0.2) is 4.39 Å². The number of ether oxygens (including phenoxy) is 21. The Morgan fingerprint density at radius 2 is 0.531 bits per heavy atom. The van der Waals surface area contributed by atoms with Gasteiger partial charge < -0.3 is 99.5 Å². The highest BCUT2D eigenvalue weighted by molar-refractivity contribution is 6.09. The van der Waals surface area contributed by atoms with E-state index < -0.39 is 93.5 Å². The van der Waals surface area contributed by atoms with E-state index in [2.05, 4.69) is 0 Å². The average Bonchev–Trinajstić information content (AvgIpc) is 0.780. The molecule has 41 heteroatoms. The number of carbonyl (C=O) groups is 10. The van der Waals surface area contributed by atoms with Gasteiger partial charge in [-0.1, -0.05) is 54.6 Å². The van der Waals surface area contributed by atoms with Gasteiger partial charge in [0.1, 0.15) is 88.9 Å². The summed E-state index contributed by atoms with van der Waals surface area (Å²) in [5.41, 5.74) is -1.91. The number of carbonyl (C=O) groups excluding carboxylic acids is 10. The van der Waals surface area contributed by atoms with Gasteiger partial charge in [-0.2, -0.15) is 39.5 Å². The molecule has 5 aliphatic heterocycles. The first kappa shape index (κ1) is 109. The van der Waals surface area contributed by atoms with Gasteiger partial charge in [0.25, 0.3) is 0 Å². The number of methoxy groups -OCH3 is 11. The van der Waals surface area contributed by atoms with E-state index in [1.165, 1.54) is 132 Å². The predicted molar refractivity (Wildman–Crippen MR) is 496 cm³/mol. The standard InChI is InChI=1S/3C21H19F3O6.C21H22O7.C20H19FO6/c1-27-18-14(11-17-19(20(18)28-2)30-10-9-29-17)16(26)8-7-15(25)12-3-5-13(6-4-12)21(22,23)24;1-27-18-14(11-17-19(20(18)28-2)30-9-8-29-17)16(26)7-6-15(25)12-4-3-5-13(10-12)21(22,23)24;1-27-18-13(11-17-19(20(18)28-2)30-10-9-29-17)16(26)8-7-15(25)12-5-3-4-6-14(12)21(22,23)24;1-24-14-6-4-13(5-7-14)15(22)8-9-16(23)19-17(25-2)12-18-20(21(19)26-3)28-11-10-27-18;1-24-18-13(11-17-19(20(18)25-2)27-10-9-26-17)16(23)8-7-15(22)12-5-3-4-6-14(12)21/h3-6,11H,7-10H2,1-2H3;3-5,10-11H,6-9H2,1-2H3;3-6,11H,7-10H2,1-2H3;4-7,12H,8-11H2,1-3H3;3-6,11H,7-10H2,1-2H3. The van der Waals surface area contributed by atoms with Gasteiger partial charge in [0.05, 0.1) is 123 Å². The summed E-state index contributed by atoms with van der Waals surface area (Å²) in [6.45, 7) is 3.29. The monoisotopic (exact) mass is 2030 g/mol. The molecule has 0 aromatic heterocycles. The molecule has 5 aliphatic rings. The minimum absolute atomic E-state index is 0.0111. The summed E-state index contributed by atoms with van der Waals surface area (Å²) in [5.74, 6) is 1.25. The summed E-state index contributed by atoms with van der Waals surface area (Å²) in [7, 11) is 15.6. The number of ketones is 10. The van der Waals surface area contributed by atoms with Crippen LogP contribution >= 0.6 is 0 Å². The second-order valence-corrected chi connectivity index (χ2v) is 31.2. The highest BCUT2D eigenvalue weighted by Gasteiger charge is 2.39. The number of fused-ring (bicyclic) bond motifs is 5. The Hall–Kier alpha value is -16.0. The molecule has 0 atom stereocenters. The van der Waals surface area contributed by atoms with Crippen LogP contribution in [0.1, 0.15) is 184 Å². The van der Waals surface area contributed by atoms with E-state index in [-0.39, 0.29) is 184 Å². The highest BCUT2D eigenvalue weighted by atomic mass is 19.4. The van der Waals surface area contributed by atoms with Crippen molar-refractivity contribution in [3.8, 4) is 121 Å². The molecular weight excluding hydrogens is 1940 g/mol. The number of hydrogen-bond acceptors (Lipinski definition) is 31. The molecule has 0 aliphatic carbocycles. The van der Waals surface area contributed by atoms with E-state index in [0.717, 1.165) is 54.6 Å². The number of benzene rings is 10. The molecule has 0 fully saturated rings. The fraction of sp³-hybridized carbons (Fsp3) is 0.327. The van der Waals surface area contributed by atoms with Crippen LogP contribution in [0.5, 0.6) is 121 Å². The van der Waals surface area contributed by atoms with Crippen LogP contribution in [0.25, 0.3) is 0 Å². The van der Waals surface area contributed by atoms with Crippen molar-refractivity contribution in [2.45, 2.75) is 82.7 Å². The molecule has 0 N–H and O–H groups in total. The van der Waals surface area contributed by atoms with Crippen LogP contribution < -0.4 is 99.5 Å². The molecule has 31 nitrogen and oxygen atoms in total. The topological polar surface area (TPSA) is 365 Å². The number of Topliss-reactive ketones (excluding diaryl/α,β-unsaturated/α-hetero) is 10. The summed E-state index contributed by atoms with van der Waals surface area (Å²) < 4.78 is 243. The molecule has 770 valence electrons. The third kappa shape index (κ3) is 26.7. The van der Waals surface area contributed by atoms with Gasteiger partial charge in [0.2, 0.25) is 51.7 Å². The fourth-order valence-electron chi connectivity index (χ4n) is 15.3. The molecule has 10 aromatic carbocycles. The minimum atomic E-state index is -4.66. The second kappa shape index (κ2) is 50.1. The SMILES string of the molecule is COc1c(C(=O)CCC(=O)c2ccc(C(F)(F)F)cc2)cc2c(c1OC)OCCO2.COc1c(C(=O)CCC(=O)c2cccc(C(F)(F)F)c2)cc2c(c1OC)OCCO2.COc1c(C(=O)CCC(=O)c2ccccc2C(F)(F)F)cc2c(c1OC)OCCO2.COc1c(C(=O)CCC(=O)c2ccccc2F)cc2c(c1OC)OCCO2.COc1ccc(C(=O)CCC(=O)c2c(OC)cc3c(c2OC)OCCO3)cc1. The highest BCUT2D eigenvalue weighted by Crippen LogP contribution is 2.54. The van der Waals surface area contributed by atoms with Gasteiger partial charge in [-0.05, 0) is 91.0 Å². The van der Waals surface area contributed by atoms with Crippen LogP contribution in [0.4, 0.5) is 43.9 Å². The quantitative estimate of drug-likeness (QED) is 0.0260. The molecule has 0 spiro atoms. The van der Waals surface area contributed by atoms with Gasteiger partial charge in [-0.15, -0.1) is 0 Å². The zero-order valence-corrected chi connectivity index (χ0v) is 80.0. The van der Waals surface area contributed by atoms with Gasteiger partial charge in [-0.3, -0.25) is 47.9 Å². The minimum Gasteiger partial charge on any atom is -0.497 e. The van der Waals surface area contributed by atoms with Gasteiger partial charge in [0, 0.05) is 92.5 Å². The van der Waals surface area contributed by atoms with Crippen LogP contribution in [0, 0.1) is 5.82 Å². The summed E-state index contributed by atoms with van der Waals surface area (Å²) in [6, 6.07) is 32.4. The molecule has 5 heterocycles. The lowest BCUT2D eigenvalue weighted by Gasteiger charge is -2.23. The van der Waals surface area contributed by atoms with Gasteiger partial charge in [0.15, 0.2) is 115 Å². The summed E-state index contributed by atoms with van der Waals surface area (Å²) in [5, 5.41) is 0. The fourth-order valence-corrected chi connectivity index (χ4v) is 15.3. The van der Waals surface area contributed by atoms with Crippen molar-refractivity contribution in [3.63, 3.8) is 0 Å². The van der Waals surface area contributed by atoms with Crippen molar-refractivity contribution in [2.24, 2.45) is 0 Å². The zero-order chi connectivity index (χ0) is 105. The van der Waals surface area contributed by atoms with Crippen molar-refractivity contribution in [1.29, 1.82) is 0 Å². The molecule has 0 saturated heterocycles. The number of halogens is 10. The Kier molecular flexibility index (Phi) is 37.8. The predicted octanol–water partition coefficient (Wildman–Crippen LogP) is 19.8. The molecule has 0 amide bonds. The average molecular weight is 2030 g/mol. The lowest BCUT2D eigenvalue weighted by atomic mass is 9.97. The lowest BCUT2D eigenvalue weighted by molar-refractivity contribution is -0.138. The zero-order valence-electron chi connectivity index (χ0n) is 80.0. The largest absolute Gasteiger partial charge is 0.497 e. The normalized spacial score (nSPS) is 12.7. The van der Waals surface area contributed by atoms with Crippen molar-refractivity contribution in [2.75, 3.05) is 144 Å². The summed E-state index contributed by atoms with van der Waals surface area (Å²) >= 11 is 0. The van der Waals surface area contributed by atoms with Crippen LogP contribution in [0.2, 0.25) is 0 Å². The van der Waals surface area contributed by atoms with Gasteiger partial charge >= 0.3 is 18.5 Å². The third-order valence-corrected chi connectivity index (χ3v) is 22.3. The maximum Gasteiger partial charge on any atom is 0.417 e. The lowest BCUT2D eigenvalue weighted by Crippen LogP contribution is -2.18. The smallest absolute Gasteiger partial charge is 0.417 e.